The number of fused-ring (bicyclic) bond motifs is 11. The van der Waals surface area contributed by atoms with Crippen molar-refractivity contribution in [3.05, 3.63) is 204 Å². The van der Waals surface area contributed by atoms with Crippen molar-refractivity contribution in [2.75, 3.05) is 0 Å². The summed E-state index contributed by atoms with van der Waals surface area (Å²) in [6, 6.07) is 58.0. The summed E-state index contributed by atoms with van der Waals surface area (Å²) in [6.45, 7) is 6.62. The maximum atomic E-state index is 6.64. The molecule has 0 unspecified atom stereocenters. The van der Waals surface area contributed by atoms with Gasteiger partial charge in [-0.05, 0) is 76.7 Å². The van der Waals surface area contributed by atoms with E-state index in [1.54, 1.807) is 0 Å². The van der Waals surface area contributed by atoms with Gasteiger partial charge in [0.25, 0.3) is 0 Å². The number of hydrogen-bond acceptors (Lipinski definition) is 3. The SMILES string of the molecule is C=Cc1c(-c2ccccc2C)c2cc3c(cc2n1-c1nc(-c2ccccc2)c2ccccc2n1)C1(c2ccccc2Oc2ccccc21)c1ccccc1-3. The fraction of sp³-hybridized carbons (Fsp3) is 0.0400. The summed E-state index contributed by atoms with van der Waals surface area (Å²) < 4.78 is 8.88. The van der Waals surface area contributed by atoms with Gasteiger partial charge in [0.1, 0.15) is 11.5 Å². The molecule has 54 heavy (non-hydrogen) atoms. The van der Waals surface area contributed by atoms with E-state index in [4.69, 9.17) is 14.7 Å². The molecular weight excluding hydrogens is 659 g/mol. The molecule has 0 saturated carbocycles. The highest BCUT2D eigenvalue weighted by Crippen LogP contribution is 2.63. The molecule has 11 rings (SSSR count). The molecule has 3 heterocycles. The predicted octanol–water partition coefficient (Wildman–Crippen LogP) is 12.3. The lowest BCUT2D eigenvalue weighted by Gasteiger charge is -2.39. The Bertz CT molecular complexity index is 2960. The molecule has 2 aromatic heterocycles. The Kier molecular flexibility index (Phi) is 6.50. The molecule has 2 aliphatic rings. The zero-order valence-corrected chi connectivity index (χ0v) is 29.6. The van der Waals surface area contributed by atoms with Gasteiger partial charge in [0.15, 0.2) is 0 Å². The lowest BCUT2D eigenvalue weighted by Crippen LogP contribution is -2.32. The van der Waals surface area contributed by atoms with Crippen LogP contribution in [0.15, 0.2) is 170 Å². The van der Waals surface area contributed by atoms with Crippen LogP contribution in [0.25, 0.3) is 67.3 Å². The van der Waals surface area contributed by atoms with Crippen molar-refractivity contribution >= 4 is 27.9 Å². The van der Waals surface area contributed by atoms with Crippen LogP contribution in [0.4, 0.5) is 0 Å². The van der Waals surface area contributed by atoms with Crippen LogP contribution in [-0.4, -0.2) is 14.5 Å². The van der Waals surface area contributed by atoms with Crippen LogP contribution >= 0.6 is 0 Å². The molecule has 0 radical (unpaired) electrons. The average Bonchev–Trinajstić information content (AvgIpc) is 3.70. The smallest absolute Gasteiger partial charge is 0.235 e. The van der Waals surface area contributed by atoms with Crippen LogP contribution in [0.1, 0.15) is 33.5 Å². The molecule has 7 aromatic carbocycles. The number of aromatic nitrogens is 3. The van der Waals surface area contributed by atoms with Gasteiger partial charge in [-0.3, -0.25) is 4.57 Å². The van der Waals surface area contributed by atoms with Gasteiger partial charge in [-0.25, -0.2) is 9.97 Å². The first-order chi connectivity index (χ1) is 26.7. The number of aryl methyl sites for hydroxylation is 1. The molecule has 1 aliphatic carbocycles. The molecule has 0 fully saturated rings. The molecular formula is C50H33N3O. The van der Waals surface area contributed by atoms with Crippen LogP contribution < -0.4 is 4.74 Å². The van der Waals surface area contributed by atoms with Crippen LogP contribution in [0.5, 0.6) is 11.5 Å². The van der Waals surface area contributed by atoms with E-state index in [-0.39, 0.29) is 0 Å². The lowest BCUT2D eigenvalue weighted by molar-refractivity contribution is 0.436. The fourth-order valence-electron chi connectivity index (χ4n) is 9.18. The second-order valence-corrected chi connectivity index (χ2v) is 14.2. The Hall–Kier alpha value is -7.04. The Balaban J connectivity index is 1.32. The summed E-state index contributed by atoms with van der Waals surface area (Å²) in [5, 5.41) is 2.13. The second-order valence-electron chi connectivity index (χ2n) is 14.2. The number of ether oxygens (including phenoxy) is 1. The zero-order chi connectivity index (χ0) is 36.0. The first-order valence-electron chi connectivity index (χ1n) is 18.4. The maximum absolute atomic E-state index is 6.64. The highest BCUT2D eigenvalue weighted by atomic mass is 16.5. The summed E-state index contributed by atoms with van der Waals surface area (Å²) in [4.78, 5) is 10.7. The summed E-state index contributed by atoms with van der Waals surface area (Å²) in [7, 11) is 0. The first kappa shape index (κ1) is 30.6. The van der Waals surface area contributed by atoms with Crippen molar-refractivity contribution in [3.8, 4) is 51.0 Å². The first-order valence-corrected chi connectivity index (χ1v) is 18.4. The minimum absolute atomic E-state index is 0.601. The minimum Gasteiger partial charge on any atom is -0.457 e. The molecule has 0 amide bonds. The van der Waals surface area contributed by atoms with E-state index in [1.807, 2.05) is 18.2 Å². The number of rotatable bonds is 4. The summed E-state index contributed by atoms with van der Waals surface area (Å²) in [5.74, 6) is 2.34. The van der Waals surface area contributed by atoms with Crippen molar-refractivity contribution < 1.29 is 4.74 Å². The molecule has 4 nitrogen and oxygen atoms in total. The topological polar surface area (TPSA) is 39.9 Å². The van der Waals surface area contributed by atoms with Crippen molar-refractivity contribution in [1.29, 1.82) is 0 Å². The summed E-state index contributed by atoms with van der Waals surface area (Å²) in [6.07, 6.45) is 1.97. The van der Waals surface area contributed by atoms with Gasteiger partial charge >= 0.3 is 0 Å². The predicted molar refractivity (Wildman–Crippen MR) is 219 cm³/mol. The van der Waals surface area contributed by atoms with Gasteiger partial charge in [-0.2, -0.15) is 0 Å². The number of benzene rings is 7. The molecule has 0 N–H and O–H groups in total. The highest BCUT2D eigenvalue weighted by Gasteiger charge is 2.51. The quantitative estimate of drug-likeness (QED) is 0.184. The van der Waals surface area contributed by atoms with Crippen molar-refractivity contribution in [1.82, 2.24) is 14.5 Å². The summed E-state index contributed by atoms with van der Waals surface area (Å²) >= 11 is 0. The fourth-order valence-corrected chi connectivity index (χ4v) is 9.18. The third kappa shape index (κ3) is 4.08. The molecule has 0 bridgehead atoms. The van der Waals surface area contributed by atoms with Gasteiger partial charge in [0, 0.05) is 33.0 Å². The van der Waals surface area contributed by atoms with Crippen molar-refractivity contribution in [2.45, 2.75) is 12.3 Å². The highest BCUT2D eigenvalue weighted by molar-refractivity contribution is 6.07. The Labute approximate surface area is 313 Å². The van der Waals surface area contributed by atoms with Crippen molar-refractivity contribution in [3.63, 3.8) is 0 Å². The molecule has 4 heteroatoms. The molecule has 9 aromatic rings. The molecule has 1 aliphatic heterocycles. The van der Waals surface area contributed by atoms with E-state index in [0.29, 0.717) is 5.95 Å². The van der Waals surface area contributed by atoms with E-state index in [9.17, 15) is 0 Å². The van der Waals surface area contributed by atoms with Crippen LogP contribution in [0.3, 0.4) is 0 Å². The van der Waals surface area contributed by atoms with Gasteiger partial charge in [0.05, 0.1) is 27.8 Å². The molecule has 254 valence electrons. The van der Waals surface area contributed by atoms with Crippen LogP contribution in [0.2, 0.25) is 0 Å². The van der Waals surface area contributed by atoms with Gasteiger partial charge < -0.3 is 4.74 Å². The van der Waals surface area contributed by atoms with E-state index in [2.05, 4.69) is 170 Å². The van der Waals surface area contributed by atoms with Gasteiger partial charge in [0.2, 0.25) is 5.95 Å². The lowest BCUT2D eigenvalue weighted by atomic mass is 9.66. The largest absolute Gasteiger partial charge is 0.457 e. The normalized spacial score (nSPS) is 13.3. The monoisotopic (exact) mass is 691 g/mol. The minimum atomic E-state index is -0.614. The number of hydrogen-bond donors (Lipinski definition) is 0. The standard InChI is InChI=1S/C50H33N3O/c1-3-43-47(33-20-8-7-17-31(33)2)37-29-36-34-21-9-11-23-38(34)50(39-24-12-15-27-45(39)54-46-28-16-13-25-40(46)50)41(36)30-44(37)53(43)49-51-42-26-14-10-22-35(42)48(52-49)32-18-5-4-6-19-32/h3-30H,1H2,2H3. The summed E-state index contributed by atoms with van der Waals surface area (Å²) in [5.41, 5.74) is 14.8. The van der Waals surface area contributed by atoms with E-state index in [0.717, 1.165) is 72.5 Å². The molecule has 1 spiro atoms. The second kappa shape index (κ2) is 11.5. The van der Waals surface area contributed by atoms with Crippen LogP contribution in [0, 0.1) is 6.92 Å². The zero-order valence-electron chi connectivity index (χ0n) is 29.6. The Morgan fingerprint density at radius 1 is 0.574 bits per heavy atom. The van der Waals surface area contributed by atoms with E-state index < -0.39 is 5.41 Å². The van der Waals surface area contributed by atoms with Crippen molar-refractivity contribution in [2.24, 2.45) is 0 Å². The van der Waals surface area contributed by atoms with E-state index in [1.165, 1.54) is 27.8 Å². The number of para-hydroxylation sites is 3. The maximum Gasteiger partial charge on any atom is 0.235 e. The Morgan fingerprint density at radius 2 is 1.20 bits per heavy atom. The van der Waals surface area contributed by atoms with Gasteiger partial charge in [-0.15, -0.1) is 0 Å². The van der Waals surface area contributed by atoms with Crippen LogP contribution in [-0.2, 0) is 5.41 Å². The molecule has 0 saturated heterocycles. The third-order valence-corrected chi connectivity index (χ3v) is 11.4. The molecule has 0 atom stereocenters. The Morgan fingerprint density at radius 3 is 1.94 bits per heavy atom. The average molecular weight is 692 g/mol. The van der Waals surface area contributed by atoms with Gasteiger partial charge in [-0.1, -0.05) is 140 Å². The third-order valence-electron chi connectivity index (χ3n) is 11.4. The number of nitrogens with zero attached hydrogens (tertiary/aromatic N) is 3. The van der Waals surface area contributed by atoms with E-state index >= 15 is 0 Å².